The maximum atomic E-state index is 8.36. The number of nitrogens with zero attached hydrogens (tertiary/aromatic N) is 5. The fraction of sp³-hybridized carbons (Fsp3) is 0.421. The third kappa shape index (κ3) is 5.20. The molecule has 1 unspecified atom stereocenters. The largest absolute Gasteiger partial charge is 0.483 e. The Balaban J connectivity index is 0.000000706. The van der Waals surface area contributed by atoms with E-state index in [9.17, 15) is 0 Å². The molecule has 9 heteroatoms. The molecule has 2 N–H and O–H groups in total. The molecule has 1 aliphatic rings. The number of hydrogen-bond donors (Lipinski definition) is 2. The average molecular weight is 401 g/mol. The Hall–Kier alpha value is -2.65. The van der Waals surface area contributed by atoms with E-state index in [4.69, 9.17) is 14.9 Å². The lowest BCUT2D eigenvalue weighted by Crippen LogP contribution is -2.34. The highest BCUT2D eigenvalue weighted by Gasteiger charge is 2.24. The molecule has 0 aliphatic carbocycles. The molecule has 3 aromatic heterocycles. The van der Waals surface area contributed by atoms with Gasteiger partial charge in [0.15, 0.2) is 5.82 Å². The van der Waals surface area contributed by atoms with Gasteiger partial charge in [-0.15, -0.1) is 11.3 Å². The topological polar surface area (TPSA) is 108 Å². The first-order valence-electron chi connectivity index (χ1n) is 9.14. The van der Waals surface area contributed by atoms with Crippen LogP contribution in [-0.4, -0.2) is 54.5 Å². The molecular formula is C19H24N6O2S. The van der Waals surface area contributed by atoms with E-state index in [1.807, 2.05) is 31.8 Å². The van der Waals surface area contributed by atoms with E-state index in [-0.39, 0.29) is 6.47 Å². The number of thiazole rings is 1. The zero-order chi connectivity index (χ0) is 19.9. The predicted molar refractivity (Wildman–Crippen MR) is 107 cm³/mol. The summed E-state index contributed by atoms with van der Waals surface area (Å²) in [4.78, 5) is 33.4. The zero-order valence-corrected chi connectivity index (χ0v) is 16.8. The number of aromatic amines is 1. The lowest BCUT2D eigenvalue weighted by Gasteiger charge is -2.32. The Kier molecular flexibility index (Phi) is 6.83. The first-order chi connectivity index (χ1) is 13.6. The van der Waals surface area contributed by atoms with E-state index in [0.717, 1.165) is 48.4 Å². The molecule has 1 atom stereocenters. The number of piperidine rings is 1. The summed E-state index contributed by atoms with van der Waals surface area (Å²) in [5, 5.41) is 6.89. The van der Waals surface area contributed by atoms with Gasteiger partial charge in [0.2, 0.25) is 0 Å². The minimum absolute atomic E-state index is 0.250. The lowest BCUT2D eigenvalue weighted by atomic mass is 9.94. The van der Waals surface area contributed by atoms with E-state index < -0.39 is 0 Å². The SMILES string of the molecule is Cc1nc(-c2ncc(C)[nH]2)cc(C2CCCN(Cc3cncs3)C2)n1.O=CO. The van der Waals surface area contributed by atoms with E-state index in [1.54, 1.807) is 11.3 Å². The zero-order valence-electron chi connectivity index (χ0n) is 16.0. The fourth-order valence-corrected chi connectivity index (χ4v) is 4.08. The number of carboxylic acid groups (broad SMARTS) is 1. The van der Waals surface area contributed by atoms with Crippen LogP contribution in [0.4, 0.5) is 0 Å². The molecule has 28 heavy (non-hydrogen) atoms. The summed E-state index contributed by atoms with van der Waals surface area (Å²) < 4.78 is 0. The minimum Gasteiger partial charge on any atom is -0.483 e. The van der Waals surface area contributed by atoms with Crippen molar-refractivity contribution in [2.75, 3.05) is 13.1 Å². The summed E-state index contributed by atoms with van der Waals surface area (Å²) in [6.45, 7) is 6.87. The Labute approximate surface area is 167 Å². The van der Waals surface area contributed by atoms with Crippen LogP contribution in [0.3, 0.4) is 0 Å². The van der Waals surface area contributed by atoms with Crippen LogP contribution in [0.25, 0.3) is 11.5 Å². The van der Waals surface area contributed by atoms with Crippen molar-refractivity contribution < 1.29 is 9.90 Å². The first kappa shape index (κ1) is 20.1. The van der Waals surface area contributed by atoms with E-state index >= 15 is 0 Å². The lowest BCUT2D eigenvalue weighted by molar-refractivity contribution is -0.122. The third-order valence-electron chi connectivity index (χ3n) is 4.59. The van der Waals surface area contributed by atoms with Crippen molar-refractivity contribution >= 4 is 17.8 Å². The van der Waals surface area contributed by atoms with Gasteiger partial charge in [-0.25, -0.2) is 15.0 Å². The average Bonchev–Trinajstić information content (AvgIpc) is 3.34. The molecule has 0 bridgehead atoms. The molecule has 3 aromatic rings. The minimum atomic E-state index is -0.250. The normalized spacial score (nSPS) is 17.0. The Morgan fingerprint density at radius 2 is 2.18 bits per heavy atom. The van der Waals surface area contributed by atoms with Gasteiger partial charge in [0, 0.05) is 47.7 Å². The molecule has 0 aromatic carbocycles. The monoisotopic (exact) mass is 400 g/mol. The number of hydrogen-bond acceptors (Lipinski definition) is 7. The predicted octanol–water partition coefficient (Wildman–Crippen LogP) is 3.02. The van der Waals surface area contributed by atoms with Crippen LogP contribution in [-0.2, 0) is 11.3 Å². The van der Waals surface area contributed by atoms with Gasteiger partial charge in [-0.2, -0.15) is 0 Å². The standard InChI is InChI=1S/C18H22N6S.CH2O2/c1-12-7-20-18(21-12)17-6-16(22-13(2)23-17)14-4-3-5-24(9-14)10-15-8-19-11-25-15;2-1-3/h6-8,11,14H,3-5,9-10H2,1-2H3,(H,20,21);1H,(H,2,3). The second-order valence-electron chi connectivity index (χ2n) is 6.79. The summed E-state index contributed by atoms with van der Waals surface area (Å²) in [6, 6.07) is 2.10. The van der Waals surface area contributed by atoms with Crippen LogP contribution in [0.5, 0.6) is 0 Å². The number of aromatic nitrogens is 5. The summed E-state index contributed by atoms with van der Waals surface area (Å²) in [5.74, 6) is 2.07. The molecule has 148 valence electrons. The van der Waals surface area contributed by atoms with Gasteiger partial charge in [-0.1, -0.05) is 0 Å². The van der Waals surface area contributed by atoms with E-state index in [2.05, 4.69) is 30.9 Å². The molecule has 1 saturated heterocycles. The van der Waals surface area contributed by atoms with Crippen LogP contribution in [0.15, 0.2) is 24.0 Å². The number of aryl methyl sites for hydroxylation is 2. The van der Waals surface area contributed by atoms with Crippen molar-refractivity contribution in [2.24, 2.45) is 0 Å². The van der Waals surface area contributed by atoms with Crippen molar-refractivity contribution in [3.8, 4) is 11.5 Å². The molecule has 8 nitrogen and oxygen atoms in total. The summed E-state index contributed by atoms with van der Waals surface area (Å²) in [7, 11) is 0. The van der Waals surface area contributed by atoms with Crippen molar-refractivity contribution in [2.45, 2.75) is 39.2 Å². The van der Waals surface area contributed by atoms with Crippen LogP contribution >= 0.6 is 11.3 Å². The number of imidazole rings is 1. The van der Waals surface area contributed by atoms with Crippen molar-refractivity contribution in [3.63, 3.8) is 0 Å². The maximum absolute atomic E-state index is 8.36. The van der Waals surface area contributed by atoms with Crippen LogP contribution in [0.2, 0.25) is 0 Å². The van der Waals surface area contributed by atoms with Crippen LogP contribution in [0, 0.1) is 13.8 Å². The number of rotatable bonds is 4. The van der Waals surface area contributed by atoms with Crippen molar-refractivity contribution in [1.82, 2.24) is 29.8 Å². The van der Waals surface area contributed by atoms with Crippen molar-refractivity contribution in [3.05, 3.63) is 46.1 Å². The van der Waals surface area contributed by atoms with Gasteiger partial charge in [-0.05, 0) is 39.3 Å². The number of carbonyl (C=O) groups is 1. The molecule has 1 fully saturated rings. The van der Waals surface area contributed by atoms with Crippen LogP contribution < -0.4 is 0 Å². The number of H-pyrrole nitrogens is 1. The Morgan fingerprint density at radius 3 is 2.86 bits per heavy atom. The maximum Gasteiger partial charge on any atom is 0.290 e. The molecule has 4 heterocycles. The fourth-order valence-electron chi connectivity index (χ4n) is 3.45. The summed E-state index contributed by atoms with van der Waals surface area (Å²) >= 11 is 1.73. The van der Waals surface area contributed by atoms with Gasteiger partial charge in [0.1, 0.15) is 11.5 Å². The highest BCUT2D eigenvalue weighted by atomic mass is 32.1. The second kappa shape index (κ2) is 9.52. The molecule has 0 spiro atoms. The van der Waals surface area contributed by atoms with E-state index in [0.29, 0.717) is 5.92 Å². The highest BCUT2D eigenvalue weighted by Crippen LogP contribution is 2.28. The highest BCUT2D eigenvalue weighted by molar-refractivity contribution is 7.09. The van der Waals surface area contributed by atoms with Crippen molar-refractivity contribution in [1.29, 1.82) is 0 Å². The Bertz CT molecular complexity index is 896. The van der Waals surface area contributed by atoms with Gasteiger partial charge in [0.25, 0.3) is 6.47 Å². The van der Waals surface area contributed by atoms with Gasteiger partial charge < -0.3 is 10.1 Å². The molecule has 0 radical (unpaired) electrons. The second-order valence-corrected chi connectivity index (χ2v) is 7.76. The van der Waals surface area contributed by atoms with Gasteiger partial charge in [-0.3, -0.25) is 14.7 Å². The summed E-state index contributed by atoms with van der Waals surface area (Å²) in [5.41, 5.74) is 4.96. The smallest absolute Gasteiger partial charge is 0.290 e. The summed E-state index contributed by atoms with van der Waals surface area (Å²) in [6.07, 6.45) is 6.18. The van der Waals surface area contributed by atoms with E-state index in [1.165, 1.54) is 17.7 Å². The number of nitrogens with one attached hydrogen (secondary N) is 1. The Morgan fingerprint density at radius 1 is 1.36 bits per heavy atom. The molecule has 0 amide bonds. The third-order valence-corrected chi connectivity index (χ3v) is 5.35. The first-order valence-corrected chi connectivity index (χ1v) is 10.0. The molecule has 4 rings (SSSR count). The molecular weight excluding hydrogens is 376 g/mol. The van der Waals surface area contributed by atoms with Gasteiger partial charge in [0.05, 0.1) is 5.51 Å². The van der Waals surface area contributed by atoms with Gasteiger partial charge >= 0.3 is 0 Å². The molecule has 1 aliphatic heterocycles. The number of likely N-dealkylation sites (tertiary alicyclic amines) is 1. The molecule has 0 saturated carbocycles. The quantitative estimate of drug-likeness (QED) is 0.648. The van der Waals surface area contributed by atoms with Crippen LogP contribution in [0.1, 0.15) is 40.8 Å².